The number of likely N-dealkylation sites (N-methyl/N-ethyl adjacent to an activating group) is 3. The average Bonchev–Trinajstić information content (AvgIpc) is 2.11. The molecule has 3 nitrogen and oxygen atoms in total. The fraction of sp³-hybridized carbons (Fsp3) is 0.857. The number of hydrogen-bond donors (Lipinski definition) is 0. The zero-order valence-corrected chi connectivity index (χ0v) is 13.2. The van der Waals surface area contributed by atoms with E-state index < -0.39 is 0 Å². The molecule has 0 atom stereocenters. The Morgan fingerprint density at radius 3 is 1.29 bits per heavy atom. The van der Waals surface area contributed by atoms with Gasteiger partial charge in [-0.05, 0) is 6.08 Å². The molecule has 0 aromatic carbocycles. The molecular weight excluding hydrogens is 210 g/mol. The van der Waals surface area contributed by atoms with Crippen LogP contribution in [-0.2, 0) is 0 Å². The lowest BCUT2D eigenvalue weighted by atomic mass is 10.3. The smallest absolute Gasteiger partial charge is 0.129 e. The zero-order valence-electron chi connectivity index (χ0n) is 13.2. The first kappa shape index (κ1) is 16.6. The Hall–Kier alpha value is -0.380. The van der Waals surface area contributed by atoms with Crippen molar-refractivity contribution in [3.8, 4) is 0 Å². The fourth-order valence-corrected chi connectivity index (χ4v) is 1.69. The van der Waals surface area contributed by atoms with Gasteiger partial charge in [-0.2, -0.15) is 0 Å². The van der Waals surface area contributed by atoms with E-state index >= 15 is 0 Å². The molecule has 3 heteroatoms. The van der Waals surface area contributed by atoms with Gasteiger partial charge >= 0.3 is 0 Å². The Labute approximate surface area is 109 Å². The van der Waals surface area contributed by atoms with E-state index in [0.29, 0.717) is 0 Å². The van der Waals surface area contributed by atoms with Crippen molar-refractivity contribution in [2.75, 3.05) is 82.1 Å². The van der Waals surface area contributed by atoms with Gasteiger partial charge in [0.15, 0.2) is 0 Å². The Bertz CT molecular complexity index is 215. The van der Waals surface area contributed by atoms with Crippen LogP contribution < -0.4 is 0 Å². The highest BCUT2D eigenvalue weighted by Gasteiger charge is 2.25. The molecule has 102 valence electrons. The molecule has 0 aromatic rings. The standard InChI is InChI=1S/C14H34N3/c1-9-10-17(8,13-11-15(2,3)4)14-12-16(5,6)7/h9H,1,10-14H2,2-8H3/q+3. The minimum absolute atomic E-state index is 1.04. The van der Waals surface area contributed by atoms with Crippen LogP contribution in [0.3, 0.4) is 0 Å². The van der Waals surface area contributed by atoms with E-state index in [2.05, 4.69) is 62.0 Å². The first-order chi connectivity index (χ1) is 7.47. The zero-order chi connectivity index (χ0) is 13.7. The summed E-state index contributed by atoms with van der Waals surface area (Å²) in [7, 11) is 15.9. The Morgan fingerprint density at radius 2 is 1.06 bits per heavy atom. The van der Waals surface area contributed by atoms with Gasteiger partial charge in [-0.1, -0.05) is 6.58 Å². The molecule has 0 bridgehead atoms. The lowest BCUT2D eigenvalue weighted by Gasteiger charge is -2.38. The van der Waals surface area contributed by atoms with Gasteiger partial charge in [-0.15, -0.1) is 0 Å². The van der Waals surface area contributed by atoms with Crippen LogP contribution in [0.1, 0.15) is 0 Å². The van der Waals surface area contributed by atoms with Gasteiger partial charge in [0.1, 0.15) is 26.2 Å². The Balaban J connectivity index is 4.40. The first-order valence-electron chi connectivity index (χ1n) is 6.53. The molecule has 0 spiro atoms. The minimum atomic E-state index is 1.04. The Morgan fingerprint density at radius 1 is 0.706 bits per heavy atom. The van der Waals surface area contributed by atoms with Crippen LogP contribution in [-0.4, -0.2) is 95.5 Å². The monoisotopic (exact) mass is 244 g/mol. The molecule has 17 heavy (non-hydrogen) atoms. The SMILES string of the molecule is C=CC[N+](C)(CC[N+](C)(C)C)CC[N+](C)(C)C. The second-order valence-corrected chi connectivity index (χ2v) is 7.57. The van der Waals surface area contributed by atoms with E-state index in [0.717, 1.165) is 20.0 Å². The molecule has 0 aliphatic rings. The quantitative estimate of drug-likeness (QED) is 0.442. The van der Waals surface area contributed by atoms with Crippen LogP contribution in [0, 0.1) is 0 Å². The van der Waals surface area contributed by atoms with E-state index in [1.54, 1.807) is 0 Å². The maximum atomic E-state index is 3.91. The van der Waals surface area contributed by atoms with Crippen molar-refractivity contribution in [2.24, 2.45) is 0 Å². The summed E-state index contributed by atoms with van der Waals surface area (Å²) in [6.07, 6.45) is 2.06. The van der Waals surface area contributed by atoms with Crippen molar-refractivity contribution in [1.82, 2.24) is 0 Å². The van der Waals surface area contributed by atoms with Crippen molar-refractivity contribution in [1.29, 1.82) is 0 Å². The van der Waals surface area contributed by atoms with Crippen molar-refractivity contribution >= 4 is 0 Å². The van der Waals surface area contributed by atoms with Crippen LogP contribution in [0.25, 0.3) is 0 Å². The summed E-state index contributed by atoms with van der Waals surface area (Å²) in [5.74, 6) is 0. The van der Waals surface area contributed by atoms with E-state index in [9.17, 15) is 0 Å². The fourth-order valence-electron chi connectivity index (χ4n) is 1.69. The lowest BCUT2D eigenvalue weighted by molar-refractivity contribution is -0.966. The number of rotatable bonds is 8. The average molecular weight is 244 g/mol. The molecule has 0 unspecified atom stereocenters. The van der Waals surface area contributed by atoms with Crippen molar-refractivity contribution in [3.05, 3.63) is 12.7 Å². The summed E-state index contributed by atoms with van der Waals surface area (Å²) in [6, 6.07) is 0. The van der Waals surface area contributed by atoms with Gasteiger partial charge in [-0.25, -0.2) is 0 Å². The first-order valence-corrected chi connectivity index (χ1v) is 6.53. The molecule has 0 rings (SSSR count). The van der Waals surface area contributed by atoms with Gasteiger partial charge < -0.3 is 13.4 Å². The van der Waals surface area contributed by atoms with Crippen molar-refractivity contribution < 1.29 is 13.4 Å². The largest absolute Gasteiger partial charge is 0.326 e. The van der Waals surface area contributed by atoms with Gasteiger partial charge in [0.25, 0.3) is 0 Å². The van der Waals surface area contributed by atoms with Gasteiger partial charge in [0.05, 0.1) is 55.9 Å². The van der Waals surface area contributed by atoms with Gasteiger partial charge in [0.2, 0.25) is 0 Å². The van der Waals surface area contributed by atoms with E-state index in [1.165, 1.54) is 26.2 Å². The van der Waals surface area contributed by atoms with Crippen LogP contribution in [0.15, 0.2) is 12.7 Å². The predicted molar refractivity (Wildman–Crippen MR) is 76.8 cm³/mol. The third kappa shape index (κ3) is 9.33. The summed E-state index contributed by atoms with van der Waals surface area (Å²) in [5.41, 5.74) is 0. The van der Waals surface area contributed by atoms with E-state index in [-0.39, 0.29) is 0 Å². The Kier molecular flexibility index (Phi) is 5.85. The molecule has 0 amide bonds. The highest BCUT2D eigenvalue weighted by atomic mass is 15.4. The molecule has 0 aliphatic heterocycles. The van der Waals surface area contributed by atoms with E-state index in [1.807, 2.05) is 0 Å². The lowest BCUT2D eigenvalue weighted by Crippen LogP contribution is -2.55. The minimum Gasteiger partial charge on any atom is -0.326 e. The molecule has 0 saturated carbocycles. The van der Waals surface area contributed by atoms with Crippen LogP contribution in [0.4, 0.5) is 0 Å². The molecular formula is C14H34N3+3. The molecule has 0 aliphatic carbocycles. The summed E-state index contributed by atoms with van der Waals surface area (Å²) in [5, 5.41) is 0. The third-order valence-corrected chi connectivity index (χ3v) is 3.19. The number of nitrogens with zero attached hydrogens (tertiary/aromatic N) is 3. The van der Waals surface area contributed by atoms with E-state index in [4.69, 9.17) is 0 Å². The molecule has 0 N–H and O–H groups in total. The van der Waals surface area contributed by atoms with Crippen LogP contribution in [0.2, 0.25) is 0 Å². The maximum Gasteiger partial charge on any atom is 0.129 e. The number of quaternary nitrogens is 3. The molecule has 0 saturated heterocycles. The summed E-state index contributed by atoms with van der Waals surface area (Å²) in [4.78, 5) is 0. The maximum absolute atomic E-state index is 3.91. The van der Waals surface area contributed by atoms with Crippen molar-refractivity contribution in [3.63, 3.8) is 0 Å². The topological polar surface area (TPSA) is 0 Å². The number of hydrogen-bond acceptors (Lipinski definition) is 0. The normalized spacial score (nSPS) is 13.8. The molecule has 0 aromatic heterocycles. The van der Waals surface area contributed by atoms with Gasteiger partial charge in [0, 0.05) is 0 Å². The molecule has 0 heterocycles. The summed E-state index contributed by atoms with van der Waals surface area (Å²) < 4.78 is 3.18. The third-order valence-electron chi connectivity index (χ3n) is 3.19. The summed E-state index contributed by atoms with van der Waals surface area (Å²) in [6.45, 7) is 9.83. The second kappa shape index (κ2) is 5.98. The molecule has 0 radical (unpaired) electrons. The van der Waals surface area contributed by atoms with Crippen LogP contribution >= 0.6 is 0 Å². The highest BCUT2D eigenvalue weighted by molar-refractivity contribution is 4.65. The second-order valence-electron chi connectivity index (χ2n) is 7.57. The van der Waals surface area contributed by atoms with Gasteiger partial charge in [-0.3, -0.25) is 0 Å². The predicted octanol–water partition coefficient (Wildman–Crippen LogP) is 1.03. The van der Waals surface area contributed by atoms with Crippen LogP contribution in [0.5, 0.6) is 0 Å². The summed E-state index contributed by atoms with van der Waals surface area (Å²) >= 11 is 0. The van der Waals surface area contributed by atoms with Crippen molar-refractivity contribution in [2.45, 2.75) is 0 Å². The highest BCUT2D eigenvalue weighted by Crippen LogP contribution is 2.06. The molecule has 0 fully saturated rings.